The van der Waals surface area contributed by atoms with E-state index in [0.717, 1.165) is 22.1 Å². The normalized spacial score (nSPS) is 10.3. The molecular formula is C11H9BrN2O. The summed E-state index contributed by atoms with van der Waals surface area (Å²) in [5.41, 5.74) is 2.35. The van der Waals surface area contributed by atoms with Crippen molar-refractivity contribution in [2.75, 3.05) is 0 Å². The van der Waals surface area contributed by atoms with Gasteiger partial charge in [-0.25, -0.2) is 4.68 Å². The molecule has 0 N–H and O–H groups in total. The number of hydrogen-bond acceptors (Lipinski definition) is 2. The molecule has 0 aliphatic rings. The molecule has 0 atom stereocenters. The monoisotopic (exact) mass is 264 g/mol. The summed E-state index contributed by atoms with van der Waals surface area (Å²) in [5.74, 6) is 0. The zero-order valence-electron chi connectivity index (χ0n) is 8.14. The summed E-state index contributed by atoms with van der Waals surface area (Å²) >= 11 is 3.37. The maximum absolute atomic E-state index is 10.6. The zero-order valence-corrected chi connectivity index (χ0v) is 9.73. The summed E-state index contributed by atoms with van der Waals surface area (Å²) in [6.45, 7) is 1.92. The minimum atomic E-state index is 0.454. The molecule has 1 aromatic carbocycles. The van der Waals surface area contributed by atoms with E-state index in [1.165, 1.54) is 0 Å². The van der Waals surface area contributed by atoms with Crippen LogP contribution >= 0.6 is 15.9 Å². The topological polar surface area (TPSA) is 34.9 Å². The Labute approximate surface area is 95.9 Å². The van der Waals surface area contributed by atoms with E-state index in [4.69, 9.17) is 0 Å². The Balaban J connectivity index is 2.48. The Morgan fingerprint density at radius 3 is 2.53 bits per heavy atom. The molecule has 2 rings (SSSR count). The van der Waals surface area contributed by atoms with Crippen LogP contribution in [0.3, 0.4) is 0 Å². The molecule has 0 bridgehead atoms. The van der Waals surface area contributed by atoms with Crippen molar-refractivity contribution in [2.24, 2.45) is 0 Å². The second kappa shape index (κ2) is 3.98. The molecule has 4 heteroatoms. The largest absolute Gasteiger partial charge is 0.296 e. The van der Waals surface area contributed by atoms with Crippen molar-refractivity contribution in [3.8, 4) is 5.69 Å². The molecule has 0 unspecified atom stereocenters. The van der Waals surface area contributed by atoms with Gasteiger partial charge in [0.1, 0.15) is 5.69 Å². The first-order chi connectivity index (χ1) is 7.20. The van der Waals surface area contributed by atoms with Crippen LogP contribution in [0.4, 0.5) is 0 Å². The SMILES string of the molecule is Cc1cc(C=O)nn1-c1ccc(Br)cc1. The smallest absolute Gasteiger partial charge is 0.170 e. The fraction of sp³-hybridized carbons (Fsp3) is 0.0909. The van der Waals surface area contributed by atoms with Gasteiger partial charge in [-0.1, -0.05) is 15.9 Å². The van der Waals surface area contributed by atoms with Crippen LogP contribution in [-0.2, 0) is 0 Å². The molecule has 3 nitrogen and oxygen atoms in total. The number of halogens is 1. The Kier molecular flexibility index (Phi) is 2.68. The average Bonchev–Trinajstić information content (AvgIpc) is 2.61. The lowest BCUT2D eigenvalue weighted by Gasteiger charge is -2.03. The quantitative estimate of drug-likeness (QED) is 0.782. The summed E-state index contributed by atoms with van der Waals surface area (Å²) in [7, 11) is 0. The van der Waals surface area contributed by atoms with E-state index < -0.39 is 0 Å². The van der Waals surface area contributed by atoms with Crippen molar-refractivity contribution in [1.29, 1.82) is 0 Å². The van der Waals surface area contributed by atoms with Crippen molar-refractivity contribution < 1.29 is 4.79 Å². The third kappa shape index (κ3) is 1.99. The van der Waals surface area contributed by atoms with Gasteiger partial charge in [0.25, 0.3) is 0 Å². The fourth-order valence-corrected chi connectivity index (χ4v) is 1.66. The highest BCUT2D eigenvalue weighted by atomic mass is 79.9. The molecule has 0 saturated carbocycles. The lowest BCUT2D eigenvalue weighted by Crippen LogP contribution is -1.98. The second-order valence-corrected chi connectivity index (χ2v) is 4.13. The molecule has 0 spiro atoms. The van der Waals surface area contributed by atoms with E-state index in [9.17, 15) is 4.79 Å². The molecule has 1 aromatic heterocycles. The number of benzene rings is 1. The lowest BCUT2D eigenvalue weighted by molar-refractivity contribution is 0.111. The van der Waals surface area contributed by atoms with E-state index >= 15 is 0 Å². The number of aldehydes is 1. The van der Waals surface area contributed by atoms with Gasteiger partial charge in [-0.15, -0.1) is 0 Å². The van der Waals surface area contributed by atoms with Crippen LogP contribution in [0, 0.1) is 6.92 Å². The number of nitrogens with zero attached hydrogens (tertiary/aromatic N) is 2. The number of aryl methyl sites for hydroxylation is 1. The van der Waals surface area contributed by atoms with Crippen molar-refractivity contribution in [1.82, 2.24) is 9.78 Å². The molecule has 2 aromatic rings. The molecule has 0 radical (unpaired) electrons. The third-order valence-corrected chi connectivity index (χ3v) is 2.63. The highest BCUT2D eigenvalue weighted by Crippen LogP contribution is 2.15. The summed E-state index contributed by atoms with van der Waals surface area (Å²) in [4.78, 5) is 10.6. The molecule has 15 heavy (non-hydrogen) atoms. The van der Waals surface area contributed by atoms with Crippen LogP contribution < -0.4 is 0 Å². The predicted molar refractivity (Wildman–Crippen MR) is 61.4 cm³/mol. The van der Waals surface area contributed by atoms with Gasteiger partial charge in [-0.3, -0.25) is 4.79 Å². The van der Waals surface area contributed by atoms with Crippen molar-refractivity contribution in [3.05, 3.63) is 46.2 Å². The highest BCUT2D eigenvalue weighted by molar-refractivity contribution is 9.10. The maximum atomic E-state index is 10.6. The minimum Gasteiger partial charge on any atom is -0.296 e. The zero-order chi connectivity index (χ0) is 10.8. The predicted octanol–water partition coefficient (Wildman–Crippen LogP) is 2.76. The molecule has 1 heterocycles. The molecule has 0 saturated heterocycles. The third-order valence-electron chi connectivity index (χ3n) is 2.10. The van der Waals surface area contributed by atoms with E-state index in [2.05, 4.69) is 21.0 Å². The van der Waals surface area contributed by atoms with Gasteiger partial charge in [-0.2, -0.15) is 5.10 Å². The van der Waals surface area contributed by atoms with Crippen LogP contribution in [0.5, 0.6) is 0 Å². The van der Waals surface area contributed by atoms with Gasteiger partial charge in [0, 0.05) is 10.2 Å². The first-order valence-electron chi connectivity index (χ1n) is 4.48. The van der Waals surface area contributed by atoms with Gasteiger partial charge in [0.15, 0.2) is 6.29 Å². The molecule has 0 fully saturated rings. The van der Waals surface area contributed by atoms with Crippen LogP contribution in [0.15, 0.2) is 34.8 Å². The maximum Gasteiger partial charge on any atom is 0.170 e. The van der Waals surface area contributed by atoms with E-state index in [1.807, 2.05) is 31.2 Å². The first kappa shape index (κ1) is 10.1. The Bertz CT molecular complexity index is 488. The molecule has 76 valence electrons. The second-order valence-electron chi connectivity index (χ2n) is 3.22. The van der Waals surface area contributed by atoms with Crippen LogP contribution in [0.1, 0.15) is 16.2 Å². The highest BCUT2D eigenvalue weighted by Gasteiger charge is 2.04. The standard InChI is InChI=1S/C11H9BrN2O/c1-8-6-10(7-15)13-14(8)11-4-2-9(12)3-5-11/h2-7H,1H3. The van der Waals surface area contributed by atoms with Gasteiger partial charge >= 0.3 is 0 Å². The average molecular weight is 265 g/mol. The van der Waals surface area contributed by atoms with Crippen molar-refractivity contribution in [2.45, 2.75) is 6.92 Å². The van der Waals surface area contributed by atoms with E-state index in [-0.39, 0.29) is 0 Å². The molecule has 0 amide bonds. The summed E-state index contributed by atoms with van der Waals surface area (Å²) in [5, 5.41) is 4.16. The van der Waals surface area contributed by atoms with Crippen molar-refractivity contribution >= 4 is 22.2 Å². The summed E-state index contributed by atoms with van der Waals surface area (Å²) in [6.07, 6.45) is 0.752. The van der Waals surface area contributed by atoms with Crippen molar-refractivity contribution in [3.63, 3.8) is 0 Å². The Morgan fingerprint density at radius 1 is 1.33 bits per heavy atom. The Hall–Kier alpha value is -1.42. The number of carbonyl (C=O) groups excluding carboxylic acids is 1. The minimum absolute atomic E-state index is 0.454. The van der Waals surface area contributed by atoms with Gasteiger partial charge in [0.05, 0.1) is 5.69 Å². The number of aromatic nitrogens is 2. The number of carbonyl (C=O) groups is 1. The molecular weight excluding hydrogens is 256 g/mol. The van der Waals surface area contributed by atoms with Crippen LogP contribution in [-0.4, -0.2) is 16.1 Å². The summed E-state index contributed by atoms with van der Waals surface area (Å²) in [6, 6.07) is 9.53. The molecule has 0 aliphatic carbocycles. The van der Waals surface area contributed by atoms with Crippen LogP contribution in [0.2, 0.25) is 0 Å². The summed E-state index contributed by atoms with van der Waals surface area (Å²) < 4.78 is 2.77. The molecule has 0 aliphatic heterocycles. The van der Waals surface area contributed by atoms with Gasteiger partial charge in [-0.05, 0) is 37.3 Å². The Morgan fingerprint density at radius 2 is 2.00 bits per heavy atom. The van der Waals surface area contributed by atoms with Crippen LogP contribution in [0.25, 0.3) is 5.69 Å². The van der Waals surface area contributed by atoms with E-state index in [1.54, 1.807) is 10.7 Å². The number of hydrogen-bond donors (Lipinski definition) is 0. The fourth-order valence-electron chi connectivity index (χ4n) is 1.40. The lowest BCUT2D eigenvalue weighted by atomic mass is 10.3. The van der Waals surface area contributed by atoms with E-state index in [0.29, 0.717) is 5.69 Å². The number of rotatable bonds is 2. The van der Waals surface area contributed by atoms with Gasteiger partial charge in [0.2, 0.25) is 0 Å². The van der Waals surface area contributed by atoms with Gasteiger partial charge < -0.3 is 0 Å². The first-order valence-corrected chi connectivity index (χ1v) is 5.28.